The van der Waals surface area contributed by atoms with Crippen LogP contribution in [0.1, 0.15) is 50.9 Å². The first-order valence-corrected chi connectivity index (χ1v) is 10.3. The minimum Gasteiger partial charge on any atom is -0.376 e. The Bertz CT molecular complexity index is 627. The molecule has 0 unspecified atom stereocenters. The number of hydrogen-bond donors (Lipinski definition) is 1. The molecule has 2 aliphatic carbocycles. The predicted molar refractivity (Wildman–Crippen MR) is 99.9 cm³/mol. The maximum atomic E-state index is 12.4. The van der Waals surface area contributed by atoms with E-state index in [9.17, 15) is 4.79 Å². The standard InChI is InChI=1S/C20H32N4O2/c1-3-6-22-20(25)23-11-16-9-18(24-8-7-21-14(24)2)19(10-17(16)12-23)26-13-15-4-5-15/h7-8,15-19H,3-6,9-13H2,1-2H3,(H,22,25)/t16-,17+,18-,19-/m0/s1. The lowest BCUT2D eigenvalue weighted by Crippen LogP contribution is -2.39. The number of imidazole rings is 1. The first-order chi connectivity index (χ1) is 12.7. The molecule has 0 aromatic carbocycles. The third-order valence-electron chi connectivity index (χ3n) is 6.36. The average Bonchev–Trinajstić information content (AvgIpc) is 3.22. The van der Waals surface area contributed by atoms with Crippen molar-refractivity contribution < 1.29 is 9.53 Å². The summed E-state index contributed by atoms with van der Waals surface area (Å²) in [5, 5.41) is 3.03. The summed E-state index contributed by atoms with van der Waals surface area (Å²) in [6, 6.07) is 0.447. The Morgan fingerprint density at radius 2 is 2.08 bits per heavy atom. The predicted octanol–water partition coefficient (Wildman–Crippen LogP) is 2.99. The van der Waals surface area contributed by atoms with Gasteiger partial charge in [-0.25, -0.2) is 9.78 Å². The lowest BCUT2D eigenvalue weighted by atomic mass is 9.77. The van der Waals surface area contributed by atoms with Gasteiger partial charge in [0.1, 0.15) is 5.82 Å². The highest BCUT2D eigenvalue weighted by Crippen LogP contribution is 2.43. The van der Waals surface area contributed by atoms with Gasteiger partial charge < -0.3 is 19.5 Å². The van der Waals surface area contributed by atoms with Crippen LogP contribution in [-0.2, 0) is 4.74 Å². The number of urea groups is 1. The number of nitrogens with one attached hydrogen (secondary N) is 1. The smallest absolute Gasteiger partial charge is 0.317 e. The number of likely N-dealkylation sites (tertiary alicyclic amines) is 1. The molecule has 4 atom stereocenters. The molecule has 2 heterocycles. The zero-order valence-electron chi connectivity index (χ0n) is 16.1. The monoisotopic (exact) mass is 360 g/mol. The molecule has 2 saturated carbocycles. The molecule has 3 fully saturated rings. The fourth-order valence-corrected chi connectivity index (χ4v) is 4.65. The van der Waals surface area contributed by atoms with E-state index in [-0.39, 0.29) is 12.1 Å². The Hall–Kier alpha value is -1.56. The fourth-order valence-electron chi connectivity index (χ4n) is 4.65. The molecule has 0 spiro atoms. The van der Waals surface area contributed by atoms with Crippen molar-refractivity contribution in [2.45, 2.75) is 58.1 Å². The minimum atomic E-state index is 0.104. The highest BCUT2D eigenvalue weighted by Gasteiger charge is 2.45. The van der Waals surface area contributed by atoms with E-state index in [1.165, 1.54) is 12.8 Å². The van der Waals surface area contributed by atoms with Crippen LogP contribution < -0.4 is 5.32 Å². The zero-order chi connectivity index (χ0) is 18.1. The number of carbonyl (C=O) groups excluding carboxylic acids is 1. The average molecular weight is 361 g/mol. The number of amides is 2. The van der Waals surface area contributed by atoms with E-state index in [0.29, 0.717) is 17.9 Å². The molecule has 1 saturated heterocycles. The highest BCUT2D eigenvalue weighted by atomic mass is 16.5. The van der Waals surface area contributed by atoms with E-state index in [0.717, 1.165) is 57.2 Å². The van der Waals surface area contributed by atoms with Gasteiger partial charge >= 0.3 is 6.03 Å². The lowest BCUT2D eigenvalue weighted by molar-refractivity contribution is -0.0343. The molecule has 1 N–H and O–H groups in total. The van der Waals surface area contributed by atoms with Crippen LogP contribution in [0, 0.1) is 24.7 Å². The zero-order valence-corrected chi connectivity index (χ0v) is 16.1. The first kappa shape index (κ1) is 17.8. The molecule has 1 aromatic heterocycles. The largest absolute Gasteiger partial charge is 0.376 e. The van der Waals surface area contributed by atoms with Crippen LogP contribution in [-0.4, -0.2) is 52.8 Å². The Morgan fingerprint density at radius 1 is 1.31 bits per heavy atom. The number of rotatable bonds is 6. The van der Waals surface area contributed by atoms with E-state index in [1.54, 1.807) is 0 Å². The first-order valence-electron chi connectivity index (χ1n) is 10.3. The molecule has 144 valence electrons. The highest BCUT2D eigenvalue weighted by molar-refractivity contribution is 5.74. The van der Waals surface area contributed by atoms with Gasteiger partial charge in [0.05, 0.1) is 12.1 Å². The molecule has 2 amide bonds. The number of aromatic nitrogens is 2. The van der Waals surface area contributed by atoms with Gasteiger partial charge in [-0.2, -0.15) is 0 Å². The molecule has 6 nitrogen and oxygen atoms in total. The number of nitrogens with zero attached hydrogens (tertiary/aromatic N) is 3. The van der Waals surface area contributed by atoms with Crippen molar-refractivity contribution in [1.29, 1.82) is 0 Å². The van der Waals surface area contributed by atoms with Crippen LogP contribution in [0.4, 0.5) is 4.79 Å². The van der Waals surface area contributed by atoms with Crippen LogP contribution in [0.15, 0.2) is 12.4 Å². The van der Waals surface area contributed by atoms with Gasteiger partial charge in [0.25, 0.3) is 0 Å². The van der Waals surface area contributed by atoms with Crippen molar-refractivity contribution in [2.24, 2.45) is 17.8 Å². The lowest BCUT2D eigenvalue weighted by Gasteiger charge is -2.39. The van der Waals surface area contributed by atoms with Crippen LogP contribution in [0.2, 0.25) is 0 Å². The second-order valence-corrected chi connectivity index (χ2v) is 8.39. The molecule has 0 bridgehead atoms. The van der Waals surface area contributed by atoms with Crippen molar-refractivity contribution in [2.75, 3.05) is 26.2 Å². The number of ether oxygens (including phenoxy) is 1. The van der Waals surface area contributed by atoms with Crippen LogP contribution in [0.5, 0.6) is 0 Å². The van der Waals surface area contributed by atoms with Gasteiger partial charge in [-0.3, -0.25) is 0 Å². The Kier molecular flexibility index (Phi) is 5.20. The molecule has 4 rings (SSSR count). The Balaban J connectivity index is 1.45. The summed E-state index contributed by atoms with van der Waals surface area (Å²) in [5.41, 5.74) is 0. The summed E-state index contributed by atoms with van der Waals surface area (Å²) >= 11 is 0. The summed E-state index contributed by atoms with van der Waals surface area (Å²) in [4.78, 5) is 18.8. The fraction of sp³-hybridized carbons (Fsp3) is 0.800. The van der Waals surface area contributed by atoms with Crippen molar-refractivity contribution in [3.63, 3.8) is 0 Å². The normalized spacial score (nSPS) is 31.1. The van der Waals surface area contributed by atoms with Crippen molar-refractivity contribution >= 4 is 6.03 Å². The molecule has 1 aliphatic heterocycles. The molecule has 3 aliphatic rings. The molecule has 6 heteroatoms. The maximum absolute atomic E-state index is 12.4. The number of fused-ring (bicyclic) bond motifs is 1. The van der Waals surface area contributed by atoms with Gasteiger partial charge in [0.2, 0.25) is 0 Å². The summed E-state index contributed by atoms with van der Waals surface area (Å²) < 4.78 is 8.70. The van der Waals surface area contributed by atoms with Crippen LogP contribution in [0.25, 0.3) is 0 Å². The van der Waals surface area contributed by atoms with Gasteiger partial charge in [-0.1, -0.05) is 6.92 Å². The Morgan fingerprint density at radius 3 is 2.73 bits per heavy atom. The Labute approximate surface area is 156 Å². The van der Waals surface area contributed by atoms with E-state index < -0.39 is 0 Å². The summed E-state index contributed by atoms with van der Waals surface area (Å²) in [7, 11) is 0. The van der Waals surface area contributed by atoms with Crippen LogP contribution >= 0.6 is 0 Å². The van der Waals surface area contributed by atoms with Crippen molar-refractivity contribution in [1.82, 2.24) is 19.8 Å². The van der Waals surface area contributed by atoms with E-state index in [4.69, 9.17) is 4.74 Å². The number of carbonyl (C=O) groups is 1. The number of aryl methyl sites for hydroxylation is 1. The van der Waals surface area contributed by atoms with Crippen molar-refractivity contribution in [3.05, 3.63) is 18.2 Å². The van der Waals surface area contributed by atoms with E-state index in [2.05, 4.69) is 34.9 Å². The minimum absolute atomic E-state index is 0.104. The van der Waals surface area contributed by atoms with E-state index >= 15 is 0 Å². The van der Waals surface area contributed by atoms with Gasteiger partial charge in [0, 0.05) is 38.6 Å². The SMILES string of the molecule is CCCNC(=O)N1C[C@H]2C[C@H](OCC3CC3)[C@@H](n3ccnc3C)C[C@H]2C1. The number of hydrogen-bond acceptors (Lipinski definition) is 3. The topological polar surface area (TPSA) is 59.4 Å². The molecule has 26 heavy (non-hydrogen) atoms. The quantitative estimate of drug-likeness (QED) is 0.848. The summed E-state index contributed by atoms with van der Waals surface area (Å²) in [6.45, 7) is 7.56. The van der Waals surface area contributed by atoms with Gasteiger partial charge in [-0.05, 0) is 56.8 Å². The van der Waals surface area contributed by atoms with E-state index in [1.807, 2.05) is 11.1 Å². The molecular weight excluding hydrogens is 328 g/mol. The summed E-state index contributed by atoms with van der Waals surface area (Å²) in [6.07, 6.45) is 9.96. The third-order valence-corrected chi connectivity index (χ3v) is 6.36. The molecular formula is C20H32N4O2. The second-order valence-electron chi connectivity index (χ2n) is 8.39. The third kappa shape index (κ3) is 3.75. The molecule has 1 aromatic rings. The van der Waals surface area contributed by atoms with Gasteiger partial charge in [-0.15, -0.1) is 0 Å². The van der Waals surface area contributed by atoms with Gasteiger partial charge in [0.15, 0.2) is 0 Å². The summed E-state index contributed by atoms with van der Waals surface area (Å²) in [5.74, 6) is 2.96. The second kappa shape index (κ2) is 7.59. The van der Waals surface area contributed by atoms with Crippen molar-refractivity contribution in [3.8, 4) is 0 Å². The maximum Gasteiger partial charge on any atom is 0.317 e. The van der Waals surface area contributed by atoms with Crippen LogP contribution in [0.3, 0.4) is 0 Å². The molecule has 0 radical (unpaired) electrons.